The van der Waals surface area contributed by atoms with Crippen LogP contribution in [0.2, 0.25) is 0 Å². The standard InChI is InChI=1S/C14H22N2O2S/c1-14(2,3)10-19(17,18)16-9-12(15)8-11-6-4-5-7-13(11)16/h4-7,12H,8-10,15H2,1-3H3. The molecule has 1 atom stereocenters. The zero-order chi connectivity index (χ0) is 14.3. The summed E-state index contributed by atoms with van der Waals surface area (Å²) in [5.74, 6) is 0.126. The molecule has 0 amide bonds. The highest BCUT2D eigenvalue weighted by molar-refractivity contribution is 7.92. The van der Waals surface area contributed by atoms with E-state index in [4.69, 9.17) is 5.73 Å². The van der Waals surface area contributed by atoms with Crippen LogP contribution >= 0.6 is 0 Å². The molecule has 0 bridgehead atoms. The molecule has 5 heteroatoms. The number of rotatable bonds is 2. The van der Waals surface area contributed by atoms with Gasteiger partial charge >= 0.3 is 0 Å². The third-order valence-electron chi connectivity index (χ3n) is 3.09. The van der Waals surface area contributed by atoms with Crippen LogP contribution in [0.4, 0.5) is 5.69 Å². The molecule has 19 heavy (non-hydrogen) atoms. The van der Waals surface area contributed by atoms with E-state index >= 15 is 0 Å². The molecule has 0 saturated carbocycles. The summed E-state index contributed by atoms with van der Waals surface area (Å²) in [5, 5.41) is 0. The molecule has 0 radical (unpaired) electrons. The highest BCUT2D eigenvalue weighted by Gasteiger charge is 2.33. The molecule has 1 unspecified atom stereocenters. The summed E-state index contributed by atoms with van der Waals surface area (Å²) in [7, 11) is -3.33. The molecule has 0 aliphatic carbocycles. The highest BCUT2D eigenvalue weighted by Crippen LogP contribution is 2.30. The van der Waals surface area contributed by atoms with Crippen LogP contribution in [0.25, 0.3) is 0 Å². The molecule has 0 fully saturated rings. The number of fused-ring (bicyclic) bond motifs is 1. The maximum atomic E-state index is 12.6. The molecule has 0 spiro atoms. The predicted molar refractivity (Wildman–Crippen MR) is 78.7 cm³/mol. The Morgan fingerprint density at radius 1 is 1.32 bits per heavy atom. The van der Waals surface area contributed by atoms with Crippen molar-refractivity contribution in [1.82, 2.24) is 0 Å². The maximum Gasteiger partial charge on any atom is 0.235 e. The van der Waals surface area contributed by atoms with Gasteiger partial charge in [-0.25, -0.2) is 8.42 Å². The number of benzene rings is 1. The van der Waals surface area contributed by atoms with Crippen LogP contribution < -0.4 is 10.0 Å². The van der Waals surface area contributed by atoms with Crippen LogP contribution in [0.15, 0.2) is 24.3 Å². The van der Waals surface area contributed by atoms with Gasteiger partial charge in [0.2, 0.25) is 10.0 Å². The van der Waals surface area contributed by atoms with E-state index in [1.165, 1.54) is 4.31 Å². The molecular weight excluding hydrogens is 260 g/mol. The predicted octanol–water partition coefficient (Wildman–Crippen LogP) is 1.75. The number of nitrogens with two attached hydrogens (primary N) is 1. The lowest BCUT2D eigenvalue weighted by molar-refractivity contribution is 0.459. The first-order chi connectivity index (χ1) is 8.69. The van der Waals surface area contributed by atoms with Gasteiger partial charge in [-0.1, -0.05) is 39.0 Å². The third-order valence-corrected chi connectivity index (χ3v) is 5.34. The monoisotopic (exact) mass is 282 g/mol. The minimum atomic E-state index is -3.33. The summed E-state index contributed by atoms with van der Waals surface area (Å²) in [6.07, 6.45) is 0.734. The second-order valence-electron chi connectivity index (χ2n) is 6.44. The zero-order valence-corrected chi connectivity index (χ0v) is 12.6. The normalized spacial score (nSPS) is 20.2. The Morgan fingerprint density at radius 3 is 2.58 bits per heavy atom. The summed E-state index contributed by atoms with van der Waals surface area (Å²) < 4.78 is 26.6. The van der Waals surface area contributed by atoms with Crippen molar-refractivity contribution in [2.75, 3.05) is 16.6 Å². The van der Waals surface area contributed by atoms with Crippen LogP contribution in [-0.2, 0) is 16.4 Å². The van der Waals surface area contributed by atoms with Gasteiger partial charge in [0, 0.05) is 12.6 Å². The van der Waals surface area contributed by atoms with Crippen molar-refractivity contribution in [3.05, 3.63) is 29.8 Å². The lowest BCUT2D eigenvalue weighted by Crippen LogP contribution is -2.48. The molecule has 1 aliphatic rings. The molecule has 1 aromatic rings. The quantitative estimate of drug-likeness (QED) is 0.899. The molecule has 2 rings (SSSR count). The lowest BCUT2D eigenvalue weighted by Gasteiger charge is -2.35. The summed E-state index contributed by atoms with van der Waals surface area (Å²) in [6, 6.07) is 7.47. The van der Waals surface area contributed by atoms with Crippen LogP contribution in [0, 0.1) is 5.41 Å². The Kier molecular flexibility index (Phi) is 3.62. The third kappa shape index (κ3) is 3.28. The van der Waals surface area contributed by atoms with Gasteiger partial charge in [0.15, 0.2) is 0 Å². The van der Waals surface area contributed by atoms with E-state index in [2.05, 4.69) is 0 Å². The van der Waals surface area contributed by atoms with E-state index in [0.29, 0.717) is 6.54 Å². The van der Waals surface area contributed by atoms with Crippen molar-refractivity contribution >= 4 is 15.7 Å². The van der Waals surface area contributed by atoms with E-state index in [1.807, 2.05) is 45.0 Å². The van der Waals surface area contributed by atoms with Crippen molar-refractivity contribution in [2.45, 2.75) is 33.2 Å². The Balaban J connectivity index is 2.40. The number of nitrogens with zero attached hydrogens (tertiary/aromatic N) is 1. The highest BCUT2D eigenvalue weighted by atomic mass is 32.2. The molecule has 2 N–H and O–H groups in total. The van der Waals surface area contributed by atoms with Gasteiger partial charge in [0.05, 0.1) is 11.4 Å². The number of para-hydroxylation sites is 1. The fraction of sp³-hybridized carbons (Fsp3) is 0.571. The van der Waals surface area contributed by atoms with Crippen LogP contribution in [0.5, 0.6) is 0 Å². The van der Waals surface area contributed by atoms with Gasteiger partial charge in [-0.2, -0.15) is 0 Å². The number of anilines is 1. The minimum absolute atomic E-state index is 0.126. The van der Waals surface area contributed by atoms with Gasteiger partial charge in [0.25, 0.3) is 0 Å². The van der Waals surface area contributed by atoms with Crippen LogP contribution in [-0.4, -0.2) is 26.8 Å². The second kappa shape index (κ2) is 4.80. The maximum absolute atomic E-state index is 12.6. The summed E-state index contributed by atoms with van der Waals surface area (Å²) in [5.41, 5.74) is 7.52. The molecule has 0 saturated heterocycles. The summed E-state index contributed by atoms with van der Waals surface area (Å²) >= 11 is 0. The van der Waals surface area contributed by atoms with Crippen molar-refractivity contribution in [3.63, 3.8) is 0 Å². The summed E-state index contributed by atoms with van der Waals surface area (Å²) in [4.78, 5) is 0. The Hall–Kier alpha value is -1.07. The van der Waals surface area contributed by atoms with Gasteiger partial charge in [-0.05, 0) is 23.5 Å². The average Bonchev–Trinajstić information content (AvgIpc) is 2.24. The molecule has 106 valence electrons. The van der Waals surface area contributed by atoms with Gasteiger partial charge in [-0.15, -0.1) is 0 Å². The van der Waals surface area contributed by atoms with E-state index in [0.717, 1.165) is 17.7 Å². The van der Waals surface area contributed by atoms with E-state index in [1.54, 1.807) is 0 Å². The van der Waals surface area contributed by atoms with Crippen molar-refractivity contribution in [1.29, 1.82) is 0 Å². The van der Waals surface area contributed by atoms with Crippen molar-refractivity contribution in [3.8, 4) is 0 Å². The van der Waals surface area contributed by atoms with Crippen LogP contribution in [0.1, 0.15) is 26.3 Å². The first-order valence-corrected chi connectivity index (χ1v) is 8.14. The first kappa shape index (κ1) is 14.3. The first-order valence-electron chi connectivity index (χ1n) is 6.53. The van der Waals surface area contributed by atoms with Crippen molar-refractivity contribution < 1.29 is 8.42 Å². The smallest absolute Gasteiger partial charge is 0.235 e. The number of hydrogen-bond donors (Lipinski definition) is 1. The Bertz CT molecular complexity index is 561. The SMILES string of the molecule is CC(C)(C)CS(=O)(=O)N1CC(N)Cc2ccccc21. The van der Waals surface area contributed by atoms with Crippen LogP contribution in [0.3, 0.4) is 0 Å². The molecule has 1 aromatic carbocycles. The number of hydrogen-bond acceptors (Lipinski definition) is 3. The second-order valence-corrected chi connectivity index (χ2v) is 8.33. The summed E-state index contributed by atoms with van der Waals surface area (Å²) in [6.45, 7) is 6.16. The molecule has 1 aliphatic heterocycles. The zero-order valence-electron chi connectivity index (χ0n) is 11.8. The largest absolute Gasteiger partial charge is 0.326 e. The molecule has 4 nitrogen and oxygen atoms in total. The van der Waals surface area contributed by atoms with Gasteiger partial charge in [-0.3, -0.25) is 4.31 Å². The van der Waals surface area contributed by atoms with E-state index in [-0.39, 0.29) is 17.2 Å². The fourth-order valence-electron chi connectivity index (χ4n) is 2.47. The van der Waals surface area contributed by atoms with Crippen molar-refractivity contribution in [2.24, 2.45) is 11.1 Å². The van der Waals surface area contributed by atoms with Gasteiger partial charge < -0.3 is 5.73 Å². The average molecular weight is 282 g/mol. The van der Waals surface area contributed by atoms with E-state index in [9.17, 15) is 8.42 Å². The minimum Gasteiger partial charge on any atom is -0.326 e. The van der Waals surface area contributed by atoms with E-state index < -0.39 is 10.0 Å². The molecule has 0 aromatic heterocycles. The van der Waals surface area contributed by atoms with Gasteiger partial charge in [0.1, 0.15) is 0 Å². The molecular formula is C14H22N2O2S. The Labute approximate surface area is 115 Å². The topological polar surface area (TPSA) is 63.4 Å². The lowest BCUT2D eigenvalue weighted by atomic mass is 10.0. The molecule has 1 heterocycles. The Morgan fingerprint density at radius 2 is 1.95 bits per heavy atom. The fourth-order valence-corrected chi connectivity index (χ4v) is 4.62. The number of sulfonamides is 1.